The van der Waals surface area contributed by atoms with Gasteiger partial charge in [-0.2, -0.15) is 0 Å². The lowest BCUT2D eigenvalue weighted by Gasteiger charge is -2.29. The Labute approximate surface area is 226 Å². The average molecular weight is 541 g/mol. The summed E-state index contributed by atoms with van der Waals surface area (Å²) in [6.07, 6.45) is 1.76. The molecule has 3 unspecified atom stereocenters. The second-order valence-corrected chi connectivity index (χ2v) is 10.6. The summed E-state index contributed by atoms with van der Waals surface area (Å²) >= 11 is 6.58. The van der Waals surface area contributed by atoms with Crippen molar-refractivity contribution in [2.45, 2.75) is 56.7 Å². The van der Waals surface area contributed by atoms with Crippen LogP contribution >= 0.6 is 11.6 Å². The standard InChI is InChI=1S/C30H31ClF2N2O3/c1-16-12-22(36)24-18(16)13-19(29(37)35-2)26(28(24)33)25-20-15-30(10-6-7-11-34,17-8-4-3-5-9-17)38-23(20)14-21(32)27(25)31/h3-5,8-9,13-14,16,22,36H,6-7,10-12,15,34H2,1-2H3,(H,35,37). The van der Waals surface area contributed by atoms with Gasteiger partial charge >= 0.3 is 0 Å². The fraction of sp³-hybridized carbons (Fsp3) is 0.367. The molecular formula is C30H31ClF2N2O3. The van der Waals surface area contributed by atoms with Gasteiger partial charge in [0, 0.05) is 41.8 Å². The summed E-state index contributed by atoms with van der Waals surface area (Å²) in [6, 6.07) is 12.5. The number of benzene rings is 3. The van der Waals surface area contributed by atoms with Gasteiger partial charge in [-0.25, -0.2) is 8.78 Å². The number of nitrogens with two attached hydrogens (primary N) is 1. The van der Waals surface area contributed by atoms with Crippen molar-refractivity contribution in [3.05, 3.63) is 86.9 Å². The maximum absolute atomic E-state index is 16.4. The number of nitrogens with one attached hydrogen (secondary N) is 1. The first-order chi connectivity index (χ1) is 18.2. The first kappa shape index (κ1) is 26.6. The van der Waals surface area contributed by atoms with Gasteiger partial charge in [-0.1, -0.05) is 48.9 Å². The van der Waals surface area contributed by atoms with Crippen molar-refractivity contribution < 1.29 is 23.4 Å². The van der Waals surface area contributed by atoms with E-state index in [0.29, 0.717) is 36.9 Å². The minimum atomic E-state index is -1.03. The van der Waals surface area contributed by atoms with Crippen LogP contribution in [-0.4, -0.2) is 24.6 Å². The number of fused-ring (bicyclic) bond motifs is 2. The number of amides is 1. The molecule has 5 nitrogen and oxygen atoms in total. The van der Waals surface area contributed by atoms with E-state index in [1.54, 1.807) is 6.07 Å². The van der Waals surface area contributed by atoms with Gasteiger partial charge in [0.15, 0.2) is 0 Å². The Morgan fingerprint density at radius 1 is 1.21 bits per heavy atom. The minimum Gasteiger partial charge on any atom is -0.482 e. The second-order valence-electron chi connectivity index (χ2n) is 10.3. The number of aliphatic hydroxyl groups is 1. The zero-order valence-corrected chi connectivity index (χ0v) is 22.2. The van der Waals surface area contributed by atoms with Crippen molar-refractivity contribution >= 4 is 17.5 Å². The van der Waals surface area contributed by atoms with Crippen LogP contribution in [0.15, 0.2) is 42.5 Å². The third-order valence-corrected chi connectivity index (χ3v) is 8.26. The van der Waals surface area contributed by atoms with Crippen LogP contribution in [0.2, 0.25) is 5.02 Å². The fourth-order valence-electron chi connectivity index (χ4n) is 6.01. The van der Waals surface area contributed by atoms with E-state index in [1.807, 2.05) is 37.3 Å². The lowest BCUT2D eigenvalue weighted by molar-refractivity contribution is 0.0793. The molecule has 1 aliphatic heterocycles. The first-order valence-electron chi connectivity index (χ1n) is 12.9. The fourth-order valence-corrected chi connectivity index (χ4v) is 6.27. The van der Waals surface area contributed by atoms with Crippen LogP contribution in [0, 0.1) is 11.6 Å². The van der Waals surface area contributed by atoms with Crippen LogP contribution in [0.4, 0.5) is 8.78 Å². The normalized spacial score (nSPS) is 21.7. The average Bonchev–Trinajstić information content (AvgIpc) is 3.42. The Hall–Kier alpha value is -3.00. The Morgan fingerprint density at radius 3 is 2.63 bits per heavy atom. The highest BCUT2D eigenvalue weighted by Crippen LogP contribution is 2.53. The van der Waals surface area contributed by atoms with E-state index in [-0.39, 0.29) is 38.9 Å². The quantitative estimate of drug-likeness (QED) is 0.314. The number of carbonyl (C=O) groups excluding carboxylic acids is 1. The zero-order valence-electron chi connectivity index (χ0n) is 21.4. The molecule has 38 heavy (non-hydrogen) atoms. The van der Waals surface area contributed by atoms with Crippen LogP contribution < -0.4 is 15.8 Å². The summed E-state index contributed by atoms with van der Waals surface area (Å²) < 4.78 is 38.3. The highest BCUT2D eigenvalue weighted by molar-refractivity contribution is 6.34. The largest absolute Gasteiger partial charge is 0.482 e. The molecule has 0 saturated carbocycles. The molecule has 3 aromatic carbocycles. The maximum Gasteiger partial charge on any atom is 0.251 e. The van der Waals surface area contributed by atoms with Crippen molar-refractivity contribution in [3.63, 3.8) is 0 Å². The molecule has 0 bridgehead atoms. The summed E-state index contributed by atoms with van der Waals surface area (Å²) in [5, 5.41) is 13.0. The van der Waals surface area contributed by atoms with E-state index >= 15 is 8.78 Å². The SMILES string of the molecule is CNC(=O)c1cc2c(c(F)c1-c1c(Cl)c(F)cc3c1CC(CCCCN)(c1ccccc1)O3)C(O)CC2C. The van der Waals surface area contributed by atoms with Crippen LogP contribution in [-0.2, 0) is 12.0 Å². The highest BCUT2D eigenvalue weighted by Gasteiger charge is 2.44. The molecule has 1 heterocycles. The number of unbranched alkanes of at least 4 members (excludes halogenated alkanes) is 1. The Morgan fingerprint density at radius 2 is 1.95 bits per heavy atom. The van der Waals surface area contributed by atoms with Crippen LogP contribution in [0.5, 0.6) is 5.75 Å². The first-order valence-corrected chi connectivity index (χ1v) is 13.3. The Bertz CT molecular complexity index is 1400. The molecule has 0 radical (unpaired) electrons. The number of aliphatic hydroxyl groups excluding tert-OH is 1. The number of rotatable bonds is 7. The maximum atomic E-state index is 16.4. The van der Waals surface area contributed by atoms with Gasteiger partial charge < -0.3 is 20.9 Å². The lowest BCUT2D eigenvalue weighted by Crippen LogP contribution is -2.31. The lowest BCUT2D eigenvalue weighted by atomic mass is 9.82. The summed E-state index contributed by atoms with van der Waals surface area (Å²) in [4.78, 5) is 13.0. The van der Waals surface area contributed by atoms with E-state index in [4.69, 9.17) is 22.1 Å². The molecule has 1 amide bonds. The van der Waals surface area contributed by atoms with Crippen molar-refractivity contribution in [1.29, 1.82) is 0 Å². The number of hydrogen-bond acceptors (Lipinski definition) is 4. The molecule has 3 aromatic rings. The van der Waals surface area contributed by atoms with E-state index in [2.05, 4.69) is 5.32 Å². The number of ether oxygens (including phenoxy) is 1. The Kier molecular flexibility index (Phi) is 7.20. The highest BCUT2D eigenvalue weighted by atomic mass is 35.5. The predicted octanol–water partition coefficient (Wildman–Crippen LogP) is 6.14. The van der Waals surface area contributed by atoms with Gasteiger partial charge in [0.1, 0.15) is 23.0 Å². The van der Waals surface area contributed by atoms with Gasteiger partial charge in [0.2, 0.25) is 0 Å². The van der Waals surface area contributed by atoms with Gasteiger partial charge in [0.25, 0.3) is 5.91 Å². The molecule has 200 valence electrons. The van der Waals surface area contributed by atoms with Crippen molar-refractivity contribution in [3.8, 4) is 16.9 Å². The minimum absolute atomic E-state index is 0.0414. The summed E-state index contributed by atoms with van der Waals surface area (Å²) in [5.74, 6) is -1.94. The molecule has 4 N–H and O–H groups in total. The second kappa shape index (κ2) is 10.3. The predicted molar refractivity (Wildman–Crippen MR) is 144 cm³/mol. The molecule has 1 aliphatic carbocycles. The molecular weight excluding hydrogens is 510 g/mol. The van der Waals surface area contributed by atoms with Gasteiger partial charge in [-0.3, -0.25) is 4.79 Å². The van der Waals surface area contributed by atoms with Crippen LogP contribution in [0.1, 0.15) is 77.2 Å². The molecule has 3 atom stereocenters. The molecule has 8 heteroatoms. The molecule has 5 rings (SSSR count). The third kappa shape index (κ3) is 4.27. The summed E-state index contributed by atoms with van der Waals surface area (Å²) in [5.41, 5.74) is 7.05. The summed E-state index contributed by atoms with van der Waals surface area (Å²) in [6.45, 7) is 2.40. The monoisotopic (exact) mass is 540 g/mol. The molecule has 0 aromatic heterocycles. The molecule has 2 aliphatic rings. The number of carbonyl (C=O) groups is 1. The number of hydrogen-bond donors (Lipinski definition) is 3. The van der Waals surface area contributed by atoms with Crippen molar-refractivity contribution in [2.75, 3.05) is 13.6 Å². The van der Waals surface area contributed by atoms with Gasteiger partial charge in [0.05, 0.1) is 16.7 Å². The zero-order chi connectivity index (χ0) is 27.2. The third-order valence-electron chi connectivity index (χ3n) is 7.89. The van der Waals surface area contributed by atoms with Crippen LogP contribution in [0.25, 0.3) is 11.1 Å². The van der Waals surface area contributed by atoms with E-state index in [1.165, 1.54) is 13.1 Å². The topological polar surface area (TPSA) is 84.6 Å². The van der Waals surface area contributed by atoms with E-state index in [0.717, 1.165) is 18.4 Å². The van der Waals surface area contributed by atoms with E-state index in [9.17, 15) is 9.90 Å². The van der Waals surface area contributed by atoms with Gasteiger partial charge in [-0.15, -0.1) is 0 Å². The van der Waals surface area contributed by atoms with Crippen LogP contribution in [0.3, 0.4) is 0 Å². The summed E-state index contributed by atoms with van der Waals surface area (Å²) in [7, 11) is 1.45. The molecule has 0 saturated heterocycles. The van der Waals surface area contributed by atoms with Crippen molar-refractivity contribution in [2.24, 2.45) is 5.73 Å². The molecule has 0 spiro atoms. The Balaban J connectivity index is 1.76. The smallest absolute Gasteiger partial charge is 0.251 e. The van der Waals surface area contributed by atoms with E-state index < -0.39 is 29.2 Å². The van der Waals surface area contributed by atoms with Crippen molar-refractivity contribution in [1.82, 2.24) is 5.32 Å². The number of halogens is 3. The molecule has 0 fully saturated rings. The van der Waals surface area contributed by atoms with Gasteiger partial charge in [-0.05, 0) is 55.3 Å².